The van der Waals surface area contributed by atoms with Crippen molar-refractivity contribution >= 4 is 18.0 Å². The minimum absolute atomic E-state index is 0.186. The number of hydrogen-bond donors (Lipinski definition) is 0. The Morgan fingerprint density at radius 1 is 1.07 bits per heavy atom. The number of benzene rings is 2. The van der Waals surface area contributed by atoms with E-state index in [1.54, 1.807) is 41.3 Å². The number of ether oxygens (including phenoxy) is 4. The summed E-state index contributed by atoms with van der Waals surface area (Å²) in [5.41, 5.74) is 1.18. The second-order valence-corrected chi connectivity index (χ2v) is 6.25. The first-order valence-electron chi connectivity index (χ1n) is 9.03. The predicted molar refractivity (Wildman–Crippen MR) is 101 cm³/mol. The molecule has 28 heavy (non-hydrogen) atoms. The van der Waals surface area contributed by atoms with Crippen LogP contribution in [0.25, 0.3) is 6.08 Å². The number of carbonyl (C=O) groups excluding carboxylic acids is 2. The third-order valence-corrected chi connectivity index (χ3v) is 4.56. The molecule has 7 heteroatoms. The molecule has 0 spiro atoms. The molecule has 2 aliphatic rings. The maximum absolute atomic E-state index is 12.6. The van der Waals surface area contributed by atoms with Gasteiger partial charge in [0.15, 0.2) is 17.3 Å². The number of allylic oxidation sites excluding steroid dienone is 1. The fourth-order valence-electron chi connectivity index (χ4n) is 3.03. The number of carbonyl (C=O) groups is 2. The molecule has 0 N–H and O–H groups in total. The van der Waals surface area contributed by atoms with E-state index in [0.717, 1.165) is 5.56 Å². The van der Waals surface area contributed by atoms with E-state index in [4.69, 9.17) is 18.9 Å². The Morgan fingerprint density at radius 2 is 1.86 bits per heavy atom. The Hall–Kier alpha value is -3.48. The van der Waals surface area contributed by atoms with Crippen LogP contribution in [0.15, 0.2) is 42.2 Å². The van der Waals surface area contributed by atoms with Gasteiger partial charge in [-0.05, 0) is 49.8 Å². The highest BCUT2D eigenvalue weighted by atomic mass is 16.7. The van der Waals surface area contributed by atoms with E-state index < -0.39 is 6.09 Å². The van der Waals surface area contributed by atoms with Crippen molar-refractivity contribution in [3.8, 4) is 23.0 Å². The van der Waals surface area contributed by atoms with Crippen molar-refractivity contribution in [1.29, 1.82) is 0 Å². The van der Waals surface area contributed by atoms with E-state index >= 15 is 0 Å². The van der Waals surface area contributed by atoms with Crippen molar-refractivity contribution in [2.24, 2.45) is 0 Å². The SMILES string of the molecule is CCN(CC)C(=O)Oc1ccc2c(c1)OC(=Cc1ccc3c(c1)OCO3)C2=O. The van der Waals surface area contributed by atoms with Gasteiger partial charge in [0.2, 0.25) is 12.6 Å². The highest BCUT2D eigenvalue weighted by Gasteiger charge is 2.28. The van der Waals surface area contributed by atoms with E-state index in [-0.39, 0.29) is 18.3 Å². The molecular weight excluding hydrogens is 362 g/mol. The lowest BCUT2D eigenvalue weighted by atomic mass is 10.1. The number of amides is 1. The Bertz CT molecular complexity index is 977. The minimum Gasteiger partial charge on any atom is -0.454 e. The molecule has 0 atom stereocenters. The molecule has 2 aliphatic heterocycles. The van der Waals surface area contributed by atoms with Gasteiger partial charge in [-0.2, -0.15) is 0 Å². The summed E-state index contributed by atoms with van der Waals surface area (Å²) < 4.78 is 21.7. The fourth-order valence-corrected chi connectivity index (χ4v) is 3.03. The largest absolute Gasteiger partial charge is 0.454 e. The molecule has 4 rings (SSSR count). The van der Waals surface area contributed by atoms with Gasteiger partial charge in [-0.25, -0.2) is 4.79 Å². The van der Waals surface area contributed by atoms with Crippen LogP contribution in [0.2, 0.25) is 0 Å². The smallest absolute Gasteiger partial charge is 0.415 e. The van der Waals surface area contributed by atoms with E-state index in [0.29, 0.717) is 41.7 Å². The summed E-state index contributed by atoms with van der Waals surface area (Å²) in [5.74, 6) is 1.96. The summed E-state index contributed by atoms with van der Waals surface area (Å²) in [4.78, 5) is 26.3. The first kappa shape index (κ1) is 17.9. The van der Waals surface area contributed by atoms with Gasteiger partial charge in [-0.15, -0.1) is 0 Å². The third-order valence-electron chi connectivity index (χ3n) is 4.56. The van der Waals surface area contributed by atoms with Crippen molar-refractivity contribution < 1.29 is 28.5 Å². The predicted octanol–water partition coefficient (Wildman–Crippen LogP) is 3.87. The van der Waals surface area contributed by atoms with Crippen LogP contribution in [0.4, 0.5) is 4.79 Å². The Morgan fingerprint density at radius 3 is 2.64 bits per heavy atom. The van der Waals surface area contributed by atoms with Crippen LogP contribution in [0.5, 0.6) is 23.0 Å². The molecule has 0 radical (unpaired) electrons. The zero-order valence-corrected chi connectivity index (χ0v) is 15.6. The molecule has 0 aliphatic carbocycles. The normalized spacial score (nSPS) is 15.4. The molecule has 0 aromatic heterocycles. The van der Waals surface area contributed by atoms with Gasteiger partial charge < -0.3 is 23.8 Å². The van der Waals surface area contributed by atoms with Gasteiger partial charge in [0.25, 0.3) is 0 Å². The topological polar surface area (TPSA) is 74.3 Å². The third kappa shape index (κ3) is 3.26. The molecule has 0 fully saturated rings. The van der Waals surface area contributed by atoms with Crippen LogP contribution < -0.4 is 18.9 Å². The standard InChI is InChI=1S/C21H19NO6/c1-3-22(4-2)21(24)27-14-6-7-15-17(11-14)28-19(20(15)23)10-13-5-8-16-18(9-13)26-12-25-16/h5-11H,3-4,12H2,1-2H3. The van der Waals surface area contributed by atoms with Gasteiger partial charge in [0, 0.05) is 19.2 Å². The van der Waals surface area contributed by atoms with Crippen LogP contribution in [0, 0.1) is 0 Å². The molecule has 2 aromatic carbocycles. The molecule has 144 valence electrons. The first-order chi connectivity index (χ1) is 13.6. The fraction of sp³-hybridized carbons (Fsp3) is 0.238. The van der Waals surface area contributed by atoms with Crippen LogP contribution >= 0.6 is 0 Å². The number of hydrogen-bond acceptors (Lipinski definition) is 6. The van der Waals surface area contributed by atoms with Crippen molar-refractivity contribution in [3.63, 3.8) is 0 Å². The van der Waals surface area contributed by atoms with Crippen molar-refractivity contribution in [3.05, 3.63) is 53.3 Å². The van der Waals surface area contributed by atoms with Gasteiger partial charge in [0.05, 0.1) is 5.56 Å². The van der Waals surface area contributed by atoms with Gasteiger partial charge in [-0.3, -0.25) is 4.79 Å². The molecular formula is C21H19NO6. The lowest BCUT2D eigenvalue weighted by Gasteiger charge is -2.17. The minimum atomic E-state index is -0.439. The van der Waals surface area contributed by atoms with Crippen molar-refractivity contribution in [2.75, 3.05) is 19.9 Å². The first-order valence-corrected chi connectivity index (χ1v) is 9.03. The number of ketones is 1. The van der Waals surface area contributed by atoms with E-state index in [1.165, 1.54) is 0 Å². The summed E-state index contributed by atoms with van der Waals surface area (Å²) in [6, 6.07) is 10.1. The molecule has 0 unspecified atom stereocenters. The highest BCUT2D eigenvalue weighted by molar-refractivity contribution is 6.14. The molecule has 0 bridgehead atoms. The zero-order valence-electron chi connectivity index (χ0n) is 15.6. The van der Waals surface area contributed by atoms with Gasteiger partial charge >= 0.3 is 6.09 Å². The van der Waals surface area contributed by atoms with Crippen LogP contribution in [0.1, 0.15) is 29.8 Å². The number of nitrogens with zero attached hydrogens (tertiary/aromatic N) is 1. The van der Waals surface area contributed by atoms with E-state index in [2.05, 4.69) is 0 Å². The molecule has 2 aromatic rings. The Labute approximate surface area is 162 Å². The van der Waals surface area contributed by atoms with E-state index in [9.17, 15) is 9.59 Å². The van der Waals surface area contributed by atoms with Crippen LogP contribution in [-0.4, -0.2) is 36.7 Å². The maximum atomic E-state index is 12.6. The summed E-state index contributed by atoms with van der Waals surface area (Å²) in [6.45, 7) is 5.05. The number of fused-ring (bicyclic) bond motifs is 2. The van der Waals surface area contributed by atoms with Crippen molar-refractivity contribution in [1.82, 2.24) is 4.90 Å². The van der Waals surface area contributed by atoms with Gasteiger partial charge in [-0.1, -0.05) is 6.07 Å². The highest BCUT2D eigenvalue weighted by Crippen LogP contribution is 2.37. The molecule has 1 amide bonds. The number of rotatable bonds is 4. The molecule has 0 saturated heterocycles. The number of Topliss-reactive ketones (excluding diaryl/α,β-unsaturated/α-hetero) is 1. The second kappa shape index (κ2) is 7.26. The van der Waals surface area contributed by atoms with Gasteiger partial charge in [0.1, 0.15) is 11.5 Å². The maximum Gasteiger partial charge on any atom is 0.415 e. The molecule has 2 heterocycles. The van der Waals surface area contributed by atoms with Crippen molar-refractivity contribution in [2.45, 2.75) is 13.8 Å². The average molecular weight is 381 g/mol. The molecule has 0 saturated carbocycles. The van der Waals surface area contributed by atoms with Crippen LogP contribution in [-0.2, 0) is 0 Å². The lowest BCUT2D eigenvalue weighted by molar-refractivity contribution is 0.101. The Kier molecular flexibility index (Phi) is 4.65. The summed E-state index contributed by atoms with van der Waals surface area (Å²) in [7, 11) is 0. The summed E-state index contributed by atoms with van der Waals surface area (Å²) >= 11 is 0. The van der Waals surface area contributed by atoms with Crippen LogP contribution in [0.3, 0.4) is 0 Å². The molecule has 7 nitrogen and oxygen atoms in total. The lowest BCUT2D eigenvalue weighted by Crippen LogP contribution is -2.33. The summed E-state index contributed by atoms with van der Waals surface area (Å²) in [5, 5.41) is 0. The Balaban J connectivity index is 1.54. The monoisotopic (exact) mass is 381 g/mol. The average Bonchev–Trinajstić information content (AvgIpc) is 3.27. The zero-order chi connectivity index (χ0) is 19.7. The quantitative estimate of drug-likeness (QED) is 0.749. The summed E-state index contributed by atoms with van der Waals surface area (Å²) in [6.07, 6.45) is 1.21. The second-order valence-electron chi connectivity index (χ2n) is 6.25. The van der Waals surface area contributed by atoms with E-state index in [1.807, 2.05) is 19.9 Å².